The molecule has 120 valence electrons. The van der Waals surface area contributed by atoms with Crippen LogP contribution in [0.15, 0.2) is 24.3 Å². The van der Waals surface area contributed by atoms with Gasteiger partial charge in [0.1, 0.15) is 0 Å². The van der Waals surface area contributed by atoms with Crippen LogP contribution in [0.1, 0.15) is 57.6 Å². The number of rotatable bonds is 10. The van der Waals surface area contributed by atoms with Crippen LogP contribution < -0.4 is 11.1 Å². The van der Waals surface area contributed by atoms with Crippen molar-refractivity contribution < 1.29 is 10.2 Å². The first-order chi connectivity index (χ1) is 10.0. The Kier molecular flexibility index (Phi) is 7.72. The molecule has 0 radical (unpaired) electrons. The molecule has 0 aromatic heterocycles. The van der Waals surface area contributed by atoms with Crippen molar-refractivity contribution in [2.75, 3.05) is 18.4 Å². The van der Waals surface area contributed by atoms with Crippen molar-refractivity contribution >= 4 is 5.69 Å². The van der Waals surface area contributed by atoms with Crippen LogP contribution >= 0.6 is 0 Å². The van der Waals surface area contributed by atoms with Crippen LogP contribution in [0.2, 0.25) is 0 Å². The third-order valence-electron chi connectivity index (χ3n) is 3.76. The quantitative estimate of drug-likeness (QED) is 0.535. The Morgan fingerprint density at radius 3 is 2.48 bits per heavy atom. The Morgan fingerprint density at radius 1 is 1.24 bits per heavy atom. The van der Waals surface area contributed by atoms with Gasteiger partial charge in [0.25, 0.3) is 0 Å². The summed E-state index contributed by atoms with van der Waals surface area (Å²) < 4.78 is 0. The molecular formula is C17H30N2O2. The van der Waals surface area contributed by atoms with Gasteiger partial charge in [-0.25, -0.2) is 0 Å². The molecule has 0 saturated carbocycles. The molecular weight excluding hydrogens is 264 g/mol. The van der Waals surface area contributed by atoms with Crippen LogP contribution in [0.5, 0.6) is 0 Å². The topological polar surface area (TPSA) is 78.5 Å². The molecule has 0 saturated heterocycles. The number of hydrogen-bond acceptors (Lipinski definition) is 4. The van der Waals surface area contributed by atoms with Gasteiger partial charge in [-0.2, -0.15) is 0 Å². The largest absolute Gasteiger partial charge is 0.388 e. The minimum absolute atomic E-state index is 0.464. The van der Waals surface area contributed by atoms with E-state index in [0.717, 1.165) is 36.9 Å². The van der Waals surface area contributed by atoms with Gasteiger partial charge in [0.05, 0.1) is 11.7 Å². The zero-order chi connectivity index (χ0) is 15.7. The number of aliphatic hydroxyl groups is 2. The lowest BCUT2D eigenvalue weighted by Gasteiger charge is -2.28. The van der Waals surface area contributed by atoms with Crippen molar-refractivity contribution in [3.63, 3.8) is 0 Å². The molecule has 0 bridgehead atoms. The highest BCUT2D eigenvalue weighted by Gasteiger charge is 2.24. The zero-order valence-electron chi connectivity index (χ0n) is 13.3. The van der Waals surface area contributed by atoms with Gasteiger partial charge in [0.2, 0.25) is 0 Å². The van der Waals surface area contributed by atoms with Crippen molar-refractivity contribution in [1.82, 2.24) is 0 Å². The van der Waals surface area contributed by atoms with E-state index in [1.165, 1.54) is 0 Å². The van der Waals surface area contributed by atoms with Crippen molar-refractivity contribution in [3.05, 3.63) is 29.8 Å². The lowest BCUT2D eigenvalue weighted by Crippen LogP contribution is -2.36. The molecule has 1 atom stereocenters. The van der Waals surface area contributed by atoms with E-state index in [1.54, 1.807) is 0 Å². The lowest BCUT2D eigenvalue weighted by molar-refractivity contribution is 0.0344. The second-order valence-corrected chi connectivity index (χ2v) is 5.80. The fourth-order valence-corrected chi connectivity index (χ4v) is 2.68. The number of nitrogens with one attached hydrogen (secondary N) is 1. The van der Waals surface area contributed by atoms with E-state index in [4.69, 9.17) is 5.73 Å². The van der Waals surface area contributed by atoms with Crippen LogP contribution in [-0.2, 0) is 0 Å². The maximum atomic E-state index is 10.6. The first kappa shape index (κ1) is 18.0. The van der Waals surface area contributed by atoms with E-state index in [1.807, 2.05) is 24.3 Å². The standard InChI is InChI=1S/C17H30N2O2/c1-3-9-17(21,10-4-2)13-19-15-7-5-6-14(12-15)16(20)8-11-18/h5-7,12,16,19-21H,3-4,8-11,13,18H2,1-2H3. The molecule has 5 N–H and O–H groups in total. The average molecular weight is 294 g/mol. The SMILES string of the molecule is CCCC(O)(CCC)CNc1cccc(C(O)CCN)c1. The summed E-state index contributed by atoms with van der Waals surface area (Å²) in [5, 5.41) is 23.9. The smallest absolute Gasteiger partial charge is 0.0819 e. The Labute approximate surface area is 128 Å². The second kappa shape index (κ2) is 9.03. The van der Waals surface area contributed by atoms with Crippen LogP contribution in [0, 0.1) is 0 Å². The minimum Gasteiger partial charge on any atom is -0.388 e. The van der Waals surface area contributed by atoms with Crippen LogP contribution in [0.3, 0.4) is 0 Å². The summed E-state index contributed by atoms with van der Waals surface area (Å²) in [5.41, 5.74) is 6.61. The molecule has 0 heterocycles. The van der Waals surface area contributed by atoms with Crippen molar-refractivity contribution in [2.45, 2.75) is 57.7 Å². The molecule has 0 amide bonds. The van der Waals surface area contributed by atoms with Gasteiger partial charge >= 0.3 is 0 Å². The van der Waals surface area contributed by atoms with Crippen molar-refractivity contribution in [2.24, 2.45) is 5.73 Å². The van der Waals surface area contributed by atoms with E-state index in [0.29, 0.717) is 19.5 Å². The zero-order valence-corrected chi connectivity index (χ0v) is 13.3. The number of nitrogens with two attached hydrogens (primary N) is 1. The fourth-order valence-electron chi connectivity index (χ4n) is 2.68. The van der Waals surface area contributed by atoms with Crippen molar-refractivity contribution in [1.29, 1.82) is 0 Å². The third kappa shape index (κ3) is 6.04. The summed E-state index contributed by atoms with van der Waals surface area (Å²) >= 11 is 0. The highest BCUT2D eigenvalue weighted by molar-refractivity contribution is 5.46. The highest BCUT2D eigenvalue weighted by atomic mass is 16.3. The molecule has 0 aliphatic heterocycles. The lowest BCUT2D eigenvalue weighted by atomic mass is 9.92. The Morgan fingerprint density at radius 2 is 1.90 bits per heavy atom. The molecule has 0 fully saturated rings. The monoisotopic (exact) mass is 294 g/mol. The predicted octanol–water partition coefficient (Wildman–Crippen LogP) is 2.81. The second-order valence-electron chi connectivity index (χ2n) is 5.80. The minimum atomic E-state index is -0.657. The summed E-state index contributed by atoms with van der Waals surface area (Å²) in [4.78, 5) is 0. The fraction of sp³-hybridized carbons (Fsp3) is 0.647. The van der Waals surface area contributed by atoms with Gasteiger partial charge in [-0.05, 0) is 43.5 Å². The van der Waals surface area contributed by atoms with E-state index < -0.39 is 11.7 Å². The molecule has 0 aliphatic rings. The third-order valence-corrected chi connectivity index (χ3v) is 3.76. The number of benzene rings is 1. The van der Waals surface area contributed by atoms with Crippen LogP contribution in [0.25, 0.3) is 0 Å². The Bertz CT molecular complexity index is 404. The van der Waals surface area contributed by atoms with Gasteiger partial charge < -0.3 is 21.3 Å². The molecule has 21 heavy (non-hydrogen) atoms. The normalized spacial score (nSPS) is 13.2. The maximum Gasteiger partial charge on any atom is 0.0819 e. The highest BCUT2D eigenvalue weighted by Crippen LogP contribution is 2.23. The van der Waals surface area contributed by atoms with E-state index in [-0.39, 0.29) is 0 Å². The van der Waals surface area contributed by atoms with Crippen LogP contribution in [0.4, 0.5) is 5.69 Å². The predicted molar refractivity (Wildman–Crippen MR) is 88.3 cm³/mol. The molecule has 1 unspecified atom stereocenters. The summed E-state index contributed by atoms with van der Waals surface area (Å²) in [7, 11) is 0. The van der Waals surface area contributed by atoms with Gasteiger partial charge in [-0.1, -0.05) is 38.8 Å². The number of hydrogen-bond donors (Lipinski definition) is 4. The summed E-state index contributed by atoms with van der Waals surface area (Å²) in [6.45, 7) is 5.17. The molecule has 0 aliphatic carbocycles. The molecule has 4 heteroatoms. The molecule has 0 spiro atoms. The molecule has 1 rings (SSSR count). The van der Waals surface area contributed by atoms with Crippen LogP contribution in [-0.4, -0.2) is 28.9 Å². The van der Waals surface area contributed by atoms with Gasteiger partial charge in [0.15, 0.2) is 0 Å². The molecule has 1 aromatic carbocycles. The van der Waals surface area contributed by atoms with Gasteiger partial charge in [-0.3, -0.25) is 0 Å². The van der Waals surface area contributed by atoms with Gasteiger partial charge in [0, 0.05) is 12.2 Å². The summed E-state index contributed by atoms with van der Waals surface area (Å²) in [6.07, 6.45) is 3.55. The van der Waals surface area contributed by atoms with E-state index in [9.17, 15) is 10.2 Å². The summed E-state index contributed by atoms with van der Waals surface area (Å²) in [5.74, 6) is 0. The first-order valence-corrected chi connectivity index (χ1v) is 7.99. The Hall–Kier alpha value is -1.10. The van der Waals surface area contributed by atoms with Crippen molar-refractivity contribution in [3.8, 4) is 0 Å². The average Bonchev–Trinajstić information content (AvgIpc) is 2.46. The number of aliphatic hydroxyl groups excluding tert-OH is 1. The number of anilines is 1. The summed E-state index contributed by atoms with van der Waals surface area (Å²) in [6, 6.07) is 7.70. The van der Waals surface area contributed by atoms with Gasteiger partial charge in [-0.15, -0.1) is 0 Å². The molecule has 4 nitrogen and oxygen atoms in total. The van der Waals surface area contributed by atoms with E-state index >= 15 is 0 Å². The first-order valence-electron chi connectivity index (χ1n) is 7.99. The molecule has 1 aromatic rings. The Balaban J connectivity index is 2.67. The maximum absolute atomic E-state index is 10.6. The van der Waals surface area contributed by atoms with E-state index in [2.05, 4.69) is 19.2 Å².